The van der Waals surface area contributed by atoms with Crippen LogP contribution < -0.4 is 9.80 Å². The molecule has 0 unspecified atom stereocenters. The van der Waals surface area contributed by atoms with Gasteiger partial charge in [0.05, 0.1) is 23.9 Å². The Bertz CT molecular complexity index is 1130. The van der Waals surface area contributed by atoms with Crippen molar-refractivity contribution >= 4 is 34.7 Å². The summed E-state index contributed by atoms with van der Waals surface area (Å²) in [5.41, 5.74) is 3.97. The number of rotatable bonds is 6. The number of carbonyl (C=O) groups is 2. The maximum Gasteiger partial charge on any atom is 0.339 e. The monoisotopic (exact) mass is 446 g/mol. The number of ether oxygens (including phenoxy) is 2. The summed E-state index contributed by atoms with van der Waals surface area (Å²) >= 11 is 0. The van der Waals surface area contributed by atoms with Gasteiger partial charge in [-0.05, 0) is 75.4 Å². The Labute approximate surface area is 195 Å². The normalized spacial score (nSPS) is 11.0. The lowest BCUT2D eigenvalue weighted by atomic mass is 10.1. The first-order chi connectivity index (χ1) is 15.6. The van der Waals surface area contributed by atoms with Crippen molar-refractivity contribution in [2.75, 3.05) is 31.0 Å². The van der Waals surface area contributed by atoms with E-state index >= 15 is 0 Å². The summed E-state index contributed by atoms with van der Waals surface area (Å²) in [6, 6.07) is 22.6. The van der Waals surface area contributed by atoms with Crippen molar-refractivity contribution in [2.24, 2.45) is 0 Å². The van der Waals surface area contributed by atoms with Gasteiger partial charge >= 0.3 is 11.9 Å². The molecule has 0 bridgehead atoms. The molecule has 33 heavy (non-hydrogen) atoms. The molecule has 0 aliphatic carbocycles. The first-order valence-corrected chi connectivity index (χ1v) is 10.7. The van der Waals surface area contributed by atoms with E-state index in [0.717, 1.165) is 22.7 Å². The Morgan fingerprint density at radius 1 is 0.727 bits per heavy atom. The summed E-state index contributed by atoms with van der Waals surface area (Å²) in [5, 5.41) is 0. The van der Waals surface area contributed by atoms with E-state index in [2.05, 4.69) is 0 Å². The topological polar surface area (TPSA) is 59.1 Å². The Hall–Kier alpha value is -3.80. The number of hydrogen-bond acceptors (Lipinski definition) is 6. The second-order valence-corrected chi connectivity index (χ2v) is 8.70. The van der Waals surface area contributed by atoms with E-state index < -0.39 is 5.60 Å². The van der Waals surface area contributed by atoms with Gasteiger partial charge in [0.1, 0.15) is 5.60 Å². The third kappa shape index (κ3) is 5.71. The Morgan fingerprint density at radius 3 is 1.94 bits per heavy atom. The van der Waals surface area contributed by atoms with Gasteiger partial charge in [0, 0.05) is 31.2 Å². The lowest BCUT2D eigenvalue weighted by Gasteiger charge is -2.24. The molecule has 0 aromatic heterocycles. The van der Waals surface area contributed by atoms with Crippen LogP contribution in [-0.2, 0) is 9.47 Å². The van der Waals surface area contributed by atoms with Crippen LogP contribution in [0.2, 0.25) is 0 Å². The number of benzene rings is 3. The standard InChI is InChI=1S/C27H30N2O4/c1-27(2,3)33-25(30)19-10-9-11-22(18-19)28(4)20-14-16-21(17-15-20)29(5)24-13-8-7-12-23(24)26(31)32-6/h7-18H,1-6H3. The molecule has 0 N–H and O–H groups in total. The summed E-state index contributed by atoms with van der Waals surface area (Å²) < 4.78 is 10.4. The lowest BCUT2D eigenvalue weighted by Crippen LogP contribution is -2.24. The Balaban J connectivity index is 1.82. The molecule has 0 atom stereocenters. The van der Waals surface area contributed by atoms with E-state index in [4.69, 9.17) is 9.47 Å². The van der Waals surface area contributed by atoms with E-state index in [1.54, 1.807) is 12.1 Å². The van der Waals surface area contributed by atoms with Gasteiger partial charge in [0.15, 0.2) is 0 Å². The molecular formula is C27H30N2O4. The predicted octanol–water partition coefficient (Wildman–Crippen LogP) is 5.96. The van der Waals surface area contributed by atoms with E-state index in [1.165, 1.54) is 7.11 Å². The quantitative estimate of drug-likeness (QED) is 0.435. The third-order valence-electron chi connectivity index (χ3n) is 5.16. The van der Waals surface area contributed by atoms with Gasteiger partial charge in [0.2, 0.25) is 0 Å². The third-order valence-corrected chi connectivity index (χ3v) is 5.16. The van der Waals surface area contributed by atoms with Crippen molar-refractivity contribution in [1.29, 1.82) is 0 Å². The summed E-state index contributed by atoms with van der Waals surface area (Å²) in [5.74, 6) is -0.724. The number of methoxy groups -OCH3 is 1. The van der Waals surface area contributed by atoms with E-state index in [1.807, 2.05) is 105 Å². The van der Waals surface area contributed by atoms with Crippen LogP contribution in [0.5, 0.6) is 0 Å². The van der Waals surface area contributed by atoms with Gasteiger partial charge < -0.3 is 19.3 Å². The zero-order valence-corrected chi connectivity index (χ0v) is 20.0. The molecule has 3 aromatic rings. The molecule has 6 nitrogen and oxygen atoms in total. The fourth-order valence-electron chi connectivity index (χ4n) is 3.42. The average Bonchev–Trinajstić information content (AvgIpc) is 2.81. The fraction of sp³-hybridized carbons (Fsp3) is 0.259. The molecule has 0 heterocycles. The van der Waals surface area contributed by atoms with Crippen LogP contribution in [-0.4, -0.2) is 38.7 Å². The van der Waals surface area contributed by atoms with Crippen LogP contribution in [0.4, 0.5) is 22.7 Å². The molecule has 0 saturated carbocycles. The largest absolute Gasteiger partial charge is 0.465 e. The Morgan fingerprint density at radius 2 is 1.33 bits per heavy atom. The van der Waals surface area contributed by atoms with Crippen LogP contribution in [0.15, 0.2) is 72.8 Å². The van der Waals surface area contributed by atoms with Crippen molar-refractivity contribution in [3.63, 3.8) is 0 Å². The second-order valence-electron chi connectivity index (χ2n) is 8.70. The number of esters is 2. The highest BCUT2D eigenvalue weighted by atomic mass is 16.6. The maximum absolute atomic E-state index is 12.4. The molecule has 0 aliphatic rings. The van der Waals surface area contributed by atoms with Gasteiger partial charge in [-0.25, -0.2) is 9.59 Å². The van der Waals surface area contributed by atoms with Gasteiger partial charge in [-0.3, -0.25) is 0 Å². The first kappa shape index (κ1) is 23.9. The van der Waals surface area contributed by atoms with Gasteiger partial charge in [0.25, 0.3) is 0 Å². The molecule has 0 spiro atoms. The maximum atomic E-state index is 12.4. The molecule has 0 aliphatic heterocycles. The molecule has 172 valence electrons. The summed E-state index contributed by atoms with van der Waals surface area (Å²) in [7, 11) is 5.23. The first-order valence-electron chi connectivity index (χ1n) is 10.7. The molecule has 3 rings (SSSR count). The van der Waals surface area contributed by atoms with Gasteiger partial charge in [-0.1, -0.05) is 18.2 Å². The number of nitrogens with zero attached hydrogens (tertiary/aromatic N) is 2. The van der Waals surface area contributed by atoms with Crippen LogP contribution in [0.3, 0.4) is 0 Å². The molecular weight excluding hydrogens is 416 g/mol. The zero-order valence-electron chi connectivity index (χ0n) is 20.0. The highest BCUT2D eigenvalue weighted by Crippen LogP contribution is 2.31. The highest BCUT2D eigenvalue weighted by molar-refractivity contribution is 5.97. The van der Waals surface area contributed by atoms with Crippen LogP contribution in [0, 0.1) is 0 Å². The number of hydrogen-bond donors (Lipinski definition) is 0. The molecule has 0 fully saturated rings. The second kappa shape index (κ2) is 9.77. The summed E-state index contributed by atoms with van der Waals surface area (Å²) in [4.78, 5) is 28.5. The number of para-hydroxylation sites is 1. The van der Waals surface area contributed by atoms with Crippen LogP contribution in [0.1, 0.15) is 41.5 Å². The summed E-state index contributed by atoms with van der Waals surface area (Å²) in [6.07, 6.45) is 0. The van der Waals surface area contributed by atoms with Crippen LogP contribution >= 0.6 is 0 Å². The molecule has 6 heteroatoms. The molecule has 0 radical (unpaired) electrons. The van der Waals surface area contributed by atoms with Crippen molar-refractivity contribution in [3.8, 4) is 0 Å². The minimum atomic E-state index is -0.548. The lowest BCUT2D eigenvalue weighted by molar-refractivity contribution is 0.00693. The van der Waals surface area contributed by atoms with E-state index in [0.29, 0.717) is 11.1 Å². The molecule has 0 saturated heterocycles. The minimum Gasteiger partial charge on any atom is -0.465 e. The number of carbonyl (C=O) groups excluding carboxylic acids is 2. The average molecular weight is 447 g/mol. The fourth-order valence-corrected chi connectivity index (χ4v) is 3.42. The van der Waals surface area contributed by atoms with Gasteiger partial charge in [-0.15, -0.1) is 0 Å². The molecule has 0 amide bonds. The predicted molar refractivity (Wildman–Crippen MR) is 132 cm³/mol. The minimum absolute atomic E-state index is 0.348. The zero-order chi connectivity index (χ0) is 24.2. The number of anilines is 4. The van der Waals surface area contributed by atoms with Crippen molar-refractivity contribution in [1.82, 2.24) is 0 Å². The molecule has 3 aromatic carbocycles. The Kier molecular flexibility index (Phi) is 7.07. The van der Waals surface area contributed by atoms with Gasteiger partial charge in [-0.2, -0.15) is 0 Å². The smallest absolute Gasteiger partial charge is 0.339 e. The van der Waals surface area contributed by atoms with Crippen LogP contribution in [0.25, 0.3) is 0 Å². The van der Waals surface area contributed by atoms with Crippen molar-refractivity contribution in [2.45, 2.75) is 26.4 Å². The van der Waals surface area contributed by atoms with Crippen molar-refractivity contribution in [3.05, 3.63) is 83.9 Å². The van der Waals surface area contributed by atoms with Crippen molar-refractivity contribution < 1.29 is 19.1 Å². The SMILES string of the molecule is COC(=O)c1ccccc1N(C)c1ccc(N(C)c2cccc(C(=O)OC(C)(C)C)c2)cc1. The summed E-state index contributed by atoms with van der Waals surface area (Å²) in [6.45, 7) is 5.55. The highest BCUT2D eigenvalue weighted by Gasteiger charge is 2.19. The van der Waals surface area contributed by atoms with E-state index in [-0.39, 0.29) is 11.9 Å². The van der Waals surface area contributed by atoms with E-state index in [9.17, 15) is 9.59 Å².